The Balaban J connectivity index is 1.60. The van der Waals surface area contributed by atoms with Crippen LogP contribution in [0, 0.1) is 0 Å². The highest BCUT2D eigenvalue weighted by Crippen LogP contribution is 2.37. The van der Waals surface area contributed by atoms with E-state index in [1.807, 2.05) is 24.3 Å². The average Bonchev–Trinajstić information content (AvgIpc) is 2.92. The number of ether oxygens (including phenoxy) is 1. The highest BCUT2D eigenvalue weighted by molar-refractivity contribution is 7.98. The second-order valence-electron chi connectivity index (χ2n) is 4.99. The Morgan fingerprint density at radius 1 is 1.35 bits per heavy atom. The van der Waals surface area contributed by atoms with E-state index in [9.17, 15) is 0 Å². The molecule has 1 aromatic heterocycles. The van der Waals surface area contributed by atoms with Gasteiger partial charge in [-0.25, -0.2) is 0 Å². The maximum absolute atomic E-state index is 6.17. The number of nitrogens with two attached hydrogens (primary N) is 1. The summed E-state index contributed by atoms with van der Waals surface area (Å²) in [6.07, 6.45) is 3.02. The molecule has 0 bridgehead atoms. The third kappa shape index (κ3) is 2.66. The van der Waals surface area contributed by atoms with Gasteiger partial charge in [-0.3, -0.25) is 0 Å². The van der Waals surface area contributed by atoms with Crippen LogP contribution in [0.25, 0.3) is 0 Å². The molecule has 5 nitrogen and oxygen atoms in total. The fourth-order valence-corrected chi connectivity index (χ4v) is 2.85. The van der Waals surface area contributed by atoms with Gasteiger partial charge in [-0.15, -0.1) is 11.8 Å². The Bertz CT molecular complexity index is 578. The molecule has 20 heavy (non-hydrogen) atoms. The lowest BCUT2D eigenvalue weighted by Crippen LogP contribution is -2.44. The van der Waals surface area contributed by atoms with Crippen molar-refractivity contribution in [2.24, 2.45) is 5.73 Å². The fraction of sp³-hybridized carbons (Fsp3) is 0.429. The zero-order valence-electron chi connectivity index (χ0n) is 11.3. The quantitative estimate of drug-likeness (QED) is 0.854. The van der Waals surface area contributed by atoms with Crippen LogP contribution in [0.1, 0.15) is 31.0 Å². The van der Waals surface area contributed by atoms with E-state index < -0.39 is 0 Å². The summed E-state index contributed by atoms with van der Waals surface area (Å²) in [6, 6.07) is 7.89. The van der Waals surface area contributed by atoms with Crippen molar-refractivity contribution < 1.29 is 9.26 Å². The van der Waals surface area contributed by atoms with Crippen molar-refractivity contribution in [2.45, 2.75) is 35.4 Å². The minimum atomic E-state index is -0.355. The van der Waals surface area contributed by atoms with Gasteiger partial charge in [0.25, 0.3) is 0 Å². The molecule has 0 amide bonds. The maximum atomic E-state index is 6.17. The number of hydrogen-bond acceptors (Lipinski definition) is 6. The molecule has 106 valence electrons. The van der Waals surface area contributed by atoms with Gasteiger partial charge in [-0.05, 0) is 43.5 Å². The van der Waals surface area contributed by atoms with Crippen molar-refractivity contribution in [1.29, 1.82) is 0 Å². The summed E-state index contributed by atoms with van der Waals surface area (Å²) < 4.78 is 10.4. The molecule has 0 aliphatic heterocycles. The number of rotatable bonds is 5. The first-order valence-corrected chi connectivity index (χ1v) is 7.57. The molecule has 2 aromatic rings. The molecule has 0 radical (unpaired) electrons. The topological polar surface area (TPSA) is 74.2 Å². The lowest BCUT2D eigenvalue weighted by molar-refractivity contribution is 0.229. The summed E-state index contributed by atoms with van der Waals surface area (Å²) >= 11 is 1.65. The number of benzene rings is 1. The van der Waals surface area contributed by atoms with E-state index >= 15 is 0 Å². The predicted octanol–water partition coefficient (Wildman–Crippen LogP) is 2.71. The Kier molecular flexibility index (Phi) is 3.67. The first-order chi connectivity index (χ1) is 9.69. The van der Waals surface area contributed by atoms with Crippen LogP contribution in [-0.4, -0.2) is 17.3 Å². The van der Waals surface area contributed by atoms with Gasteiger partial charge in [-0.1, -0.05) is 5.16 Å². The molecule has 1 aliphatic carbocycles. The molecule has 1 heterocycles. The van der Waals surface area contributed by atoms with Gasteiger partial charge in [0.2, 0.25) is 5.89 Å². The van der Waals surface area contributed by atoms with Gasteiger partial charge in [0.1, 0.15) is 5.75 Å². The van der Waals surface area contributed by atoms with E-state index in [1.165, 1.54) is 0 Å². The molecule has 6 heteroatoms. The molecule has 0 saturated heterocycles. The number of hydrogen-bond donors (Lipinski definition) is 1. The second-order valence-corrected chi connectivity index (χ2v) is 6.03. The number of aromatic nitrogens is 2. The smallest absolute Gasteiger partial charge is 0.237 e. The van der Waals surface area contributed by atoms with E-state index in [1.54, 1.807) is 18.9 Å². The van der Waals surface area contributed by atoms with E-state index in [-0.39, 0.29) is 5.54 Å². The van der Waals surface area contributed by atoms with Gasteiger partial charge in [-0.2, -0.15) is 4.98 Å². The maximum Gasteiger partial charge on any atom is 0.237 e. The van der Waals surface area contributed by atoms with Crippen LogP contribution < -0.4 is 10.5 Å². The van der Waals surface area contributed by atoms with Crippen molar-refractivity contribution in [3.63, 3.8) is 0 Å². The van der Waals surface area contributed by atoms with Gasteiger partial charge in [0, 0.05) is 4.90 Å². The standard InChI is InChI=1S/C14H17N3O2S/c1-18-10-3-5-11(6-4-10)20-9-12-16-13(17-19-12)14(15)7-2-8-14/h3-6H,2,7-9,15H2,1H3. The summed E-state index contributed by atoms with van der Waals surface area (Å²) in [4.78, 5) is 5.54. The van der Waals surface area contributed by atoms with Crippen molar-refractivity contribution >= 4 is 11.8 Å². The molecule has 0 atom stereocenters. The molecule has 1 fully saturated rings. The molecule has 1 saturated carbocycles. The van der Waals surface area contributed by atoms with Gasteiger partial charge in [0.15, 0.2) is 5.82 Å². The van der Waals surface area contributed by atoms with E-state index in [4.69, 9.17) is 15.0 Å². The molecule has 2 N–H and O–H groups in total. The SMILES string of the molecule is COc1ccc(SCc2nc(C3(N)CCC3)no2)cc1. The van der Waals surface area contributed by atoms with Crippen molar-refractivity contribution in [1.82, 2.24) is 10.1 Å². The first kappa shape index (κ1) is 13.5. The molecule has 1 aromatic carbocycles. The molecule has 1 aliphatic rings. The number of methoxy groups -OCH3 is 1. The monoisotopic (exact) mass is 291 g/mol. The van der Waals surface area contributed by atoms with Crippen molar-refractivity contribution in [2.75, 3.05) is 7.11 Å². The molecule has 0 spiro atoms. The van der Waals surface area contributed by atoms with Gasteiger partial charge >= 0.3 is 0 Å². The first-order valence-electron chi connectivity index (χ1n) is 6.58. The molecular weight excluding hydrogens is 274 g/mol. The minimum absolute atomic E-state index is 0.355. The van der Waals surface area contributed by atoms with Crippen LogP contribution in [0.2, 0.25) is 0 Å². The van der Waals surface area contributed by atoms with Crippen LogP contribution in [0.3, 0.4) is 0 Å². The number of thioether (sulfide) groups is 1. The molecular formula is C14H17N3O2S. The Hall–Kier alpha value is -1.53. The molecule has 0 unspecified atom stereocenters. The lowest BCUT2D eigenvalue weighted by Gasteiger charge is -2.34. The Morgan fingerprint density at radius 2 is 2.10 bits per heavy atom. The highest BCUT2D eigenvalue weighted by Gasteiger charge is 2.38. The molecule has 3 rings (SSSR count). The fourth-order valence-electron chi connectivity index (χ4n) is 2.11. The predicted molar refractivity (Wildman–Crippen MR) is 76.6 cm³/mol. The second kappa shape index (κ2) is 5.46. The van der Waals surface area contributed by atoms with Gasteiger partial charge < -0.3 is 15.0 Å². The summed E-state index contributed by atoms with van der Waals surface area (Å²) in [5.74, 6) is 2.77. The summed E-state index contributed by atoms with van der Waals surface area (Å²) in [7, 11) is 1.66. The zero-order chi connectivity index (χ0) is 14.0. The van der Waals surface area contributed by atoms with Crippen molar-refractivity contribution in [3.8, 4) is 5.75 Å². The van der Waals surface area contributed by atoms with Crippen LogP contribution >= 0.6 is 11.8 Å². The van der Waals surface area contributed by atoms with E-state index in [0.29, 0.717) is 17.5 Å². The lowest BCUT2D eigenvalue weighted by atomic mass is 9.77. The van der Waals surface area contributed by atoms with Crippen LogP contribution in [0.4, 0.5) is 0 Å². The minimum Gasteiger partial charge on any atom is -0.497 e. The average molecular weight is 291 g/mol. The highest BCUT2D eigenvalue weighted by atomic mass is 32.2. The van der Waals surface area contributed by atoms with Gasteiger partial charge in [0.05, 0.1) is 18.4 Å². The third-order valence-corrected chi connectivity index (χ3v) is 4.58. The summed E-state index contributed by atoms with van der Waals surface area (Å²) in [5, 5.41) is 4.01. The van der Waals surface area contributed by atoms with E-state index in [0.717, 1.165) is 29.9 Å². The Labute approximate surface area is 121 Å². The zero-order valence-corrected chi connectivity index (χ0v) is 12.2. The Morgan fingerprint density at radius 3 is 2.70 bits per heavy atom. The summed E-state index contributed by atoms with van der Waals surface area (Å²) in [6.45, 7) is 0. The third-order valence-electron chi connectivity index (χ3n) is 3.58. The summed E-state index contributed by atoms with van der Waals surface area (Å²) in [5.41, 5.74) is 5.82. The van der Waals surface area contributed by atoms with E-state index in [2.05, 4.69) is 10.1 Å². The van der Waals surface area contributed by atoms with Crippen LogP contribution in [0.15, 0.2) is 33.7 Å². The van der Waals surface area contributed by atoms with Crippen LogP contribution in [-0.2, 0) is 11.3 Å². The van der Waals surface area contributed by atoms with Crippen LogP contribution in [0.5, 0.6) is 5.75 Å². The normalized spacial score (nSPS) is 16.7. The largest absolute Gasteiger partial charge is 0.497 e. The van der Waals surface area contributed by atoms with Crippen molar-refractivity contribution in [3.05, 3.63) is 36.0 Å². The number of nitrogens with zero attached hydrogens (tertiary/aromatic N) is 2.